The van der Waals surface area contributed by atoms with E-state index in [0.717, 1.165) is 12.1 Å². The van der Waals surface area contributed by atoms with Gasteiger partial charge in [0.2, 0.25) is 5.75 Å². The second kappa shape index (κ2) is 4.65. The highest BCUT2D eigenvalue weighted by Gasteiger charge is 2.23. The number of rotatable bonds is 3. The van der Waals surface area contributed by atoms with Crippen molar-refractivity contribution in [2.24, 2.45) is 0 Å². The Morgan fingerprint density at radius 3 is 2.60 bits per heavy atom. The van der Waals surface area contributed by atoms with Crippen molar-refractivity contribution >= 4 is 22.6 Å². The zero-order valence-electron chi connectivity index (χ0n) is 10.5. The van der Waals surface area contributed by atoms with E-state index in [1.165, 1.54) is 14.0 Å². The first-order chi connectivity index (χ1) is 9.36. The van der Waals surface area contributed by atoms with Crippen LogP contribution in [-0.4, -0.2) is 23.1 Å². The molecule has 0 amide bonds. The molecule has 1 N–H and O–H groups in total. The third-order valence-corrected chi connectivity index (χ3v) is 2.81. The van der Waals surface area contributed by atoms with Gasteiger partial charge in [-0.25, -0.2) is 9.59 Å². The molecule has 0 saturated carbocycles. The third-order valence-electron chi connectivity index (χ3n) is 2.81. The van der Waals surface area contributed by atoms with Crippen LogP contribution in [0.1, 0.15) is 15.9 Å². The largest absolute Gasteiger partial charge is 0.490 e. The maximum atomic E-state index is 11.5. The van der Waals surface area contributed by atoms with Gasteiger partial charge in [0.15, 0.2) is 0 Å². The Morgan fingerprint density at radius 1 is 1.45 bits per heavy atom. The number of aromatic carboxylic acids is 1. The quantitative estimate of drug-likeness (QED) is 0.515. The van der Waals surface area contributed by atoms with Crippen LogP contribution in [0.3, 0.4) is 0 Å². The summed E-state index contributed by atoms with van der Waals surface area (Å²) in [5.41, 5.74) is -1.63. The zero-order valence-corrected chi connectivity index (χ0v) is 10.5. The first kappa shape index (κ1) is 13.5. The maximum absolute atomic E-state index is 11.5. The van der Waals surface area contributed by atoms with Crippen molar-refractivity contribution in [1.29, 1.82) is 0 Å². The molecule has 2 rings (SSSR count). The van der Waals surface area contributed by atoms with Gasteiger partial charge in [-0.05, 0) is 13.0 Å². The van der Waals surface area contributed by atoms with Crippen molar-refractivity contribution in [3.05, 3.63) is 43.8 Å². The zero-order chi connectivity index (χ0) is 15.0. The van der Waals surface area contributed by atoms with Crippen LogP contribution < -0.4 is 10.4 Å². The van der Waals surface area contributed by atoms with Crippen LogP contribution in [0.2, 0.25) is 0 Å². The first-order valence-corrected chi connectivity index (χ1v) is 5.40. The Labute approximate surface area is 111 Å². The van der Waals surface area contributed by atoms with Gasteiger partial charge in [0.05, 0.1) is 12.0 Å². The average molecular weight is 279 g/mol. The minimum absolute atomic E-state index is 0.0336. The lowest BCUT2D eigenvalue weighted by Gasteiger charge is -2.08. The lowest BCUT2D eigenvalue weighted by Crippen LogP contribution is -2.13. The van der Waals surface area contributed by atoms with E-state index in [1.807, 2.05) is 0 Å². The summed E-state index contributed by atoms with van der Waals surface area (Å²) in [4.78, 5) is 32.7. The lowest BCUT2D eigenvalue weighted by molar-refractivity contribution is -0.385. The number of hydrogen-bond acceptors (Lipinski definition) is 6. The molecule has 0 radical (unpaired) electrons. The molecule has 104 valence electrons. The van der Waals surface area contributed by atoms with Gasteiger partial charge >= 0.3 is 17.3 Å². The highest BCUT2D eigenvalue weighted by molar-refractivity contribution is 5.94. The Hall–Kier alpha value is -2.90. The molecule has 0 bridgehead atoms. The number of benzene rings is 1. The van der Waals surface area contributed by atoms with E-state index >= 15 is 0 Å². The predicted molar refractivity (Wildman–Crippen MR) is 67.4 cm³/mol. The molecule has 0 aliphatic carbocycles. The summed E-state index contributed by atoms with van der Waals surface area (Å²) in [6.07, 6.45) is 0. The number of methoxy groups -OCH3 is 1. The second-order valence-electron chi connectivity index (χ2n) is 3.98. The minimum atomic E-state index is -1.46. The summed E-state index contributed by atoms with van der Waals surface area (Å²) >= 11 is 0. The molecule has 2 aromatic rings. The molecule has 1 aromatic heterocycles. The van der Waals surface area contributed by atoms with Gasteiger partial charge in [-0.15, -0.1) is 0 Å². The Balaban J connectivity index is 2.94. The van der Waals surface area contributed by atoms with Gasteiger partial charge in [-0.2, -0.15) is 0 Å². The number of carbonyl (C=O) groups is 1. The number of carboxylic acid groups (broad SMARTS) is 1. The molecular formula is C12H9NO7. The molecule has 0 unspecified atom stereocenters. The number of ether oxygens (including phenoxy) is 1. The molecule has 1 heterocycles. The van der Waals surface area contributed by atoms with Gasteiger partial charge in [0, 0.05) is 17.0 Å². The Morgan fingerprint density at radius 2 is 2.10 bits per heavy atom. The number of fused-ring (bicyclic) bond motifs is 1. The molecule has 0 aliphatic rings. The van der Waals surface area contributed by atoms with Crippen LogP contribution in [0.25, 0.3) is 11.0 Å². The monoisotopic (exact) mass is 279 g/mol. The first-order valence-electron chi connectivity index (χ1n) is 5.40. The molecule has 0 saturated heterocycles. The molecular weight excluding hydrogens is 270 g/mol. The van der Waals surface area contributed by atoms with Crippen LogP contribution in [-0.2, 0) is 0 Å². The Kier molecular flexibility index (Phi) is 3.15. The van der Waals surface area contributed by atoms with Crippen molar-refractivity contribution in [3.63, 3.8) is 0 Å². The fraction of sp³-hybridized carbons (Fsp3) is 0.167. The predicted octanol–water partition coefficient (Wildman–Crippen LogP) is 1.72. The number of carboxylic acids is 1. The SMILES string of the molecule is COc1c([N+](=O)[O-])cc2cc(C(=O)O)c(=O)oc2c1C. The van der Waals surface area contributed by atoms with E-state index in [9.17, 15) is 19.7 Å². The molecule has 1 aromatic carbocycles. The average Bonchev–Trinajstić information content (AvgIpc) is 2.38. The molecule has 8 heteroatoms. The van der Waals surface area contributed by atoms with E-state index in [0.29, 0.717) is 0 Å². The molecule has 0 atom stereocenters. The summed E-state index contributed by atoms with van der Waals surface area (Å²) in [5, 5.41) is 20.0. The summed E-state index contributed by atoms with van der Waals surface area (Å²) < 4.78 is 9.87. The van der Waals surface area contributed by atoms with E-state index < -0.39 is 22.1 Å². The number of hydrogen-bond donors (Lipinski definition) is 1. The van der Waals surface area contributed by atoms with Gasteiger partial charge in [-0.1, -0.05) is 0 Å². The number of nitro groups is 1. The van der Waals surface area contributed by atoms with Gasteiger partial charge in [-0.3, -0.25) is 10.1 Å². The highest BCUT2D eigenvalue weighted by Crippen LogP contribution is 2.36. The maximum Gasteiger partial charge on any atom is 0.351 e. The van der Waals surface area contributed by atoms with E-state index in [1.54, 1.807) is 0 Å². The van der Waals surface area contributed by atoms with Crippen LogP contribution in [0.5, 0.6) is 5.75 Å². The normalized spacial score (nSPS) is 10.5. The molecule has 20 heavy (non-hydrogen) atoms. The molecule has 0 spiro atoms. The molecule has 0 aliphatic heterocycles. The van der Waals surface area contributed by atoms with E-state index in [2.05, 4.69) is 0 Å². The summed E-state index contributed by atoms with van der Waals surface area (Å²) in [6, 6.07) is 2.15. The summed E-state index contributed by atoms with van der Waals surface area (Å²) in [7, 11) is 1.25. The Bertz CT molecular complexity index is 790. The highest BCUT2D eigenvalue weighted by atomic mass is 16.6. The van der Waals surface area contributed by atoms with Crippen LogP contribution in [0.15, 0.2) is 21.3 Å². The minimum Gasteiger partial charge on any atom is -0.490 e. The second-order valence-corrected chi connectivity index (χ2v) is 3.98. The topological polar surface area (TPSA) is 120 Å². The van der Waals surface area contributed by atoms with Crippen molar-refractivity contribution in [1.82, 2.24) is 0 Å². The van der Waals surface area contributed by atoms with Crippen LogP contribution in [0.4, 0.5) is 5.69 Å². The van der Waals surface area contributed by atoms with Gasteiger partial charge < -0.3 is 14.3 Å². The van der Waals surface area contributed by atoms with Crippen molar-refractivity contribution in [2.45, 2.75) is 6.92 Å². The lowest BCUT2D eigenvalue weighted by atomic mass is 10.1. The van der Waals surface area contributed by atoms with Crippen molar-refractivity contribution in [2.75, 3.05) is 7.11 Å². The van der Waals surface area contributed by atoms with Gasteiger partial charge in [0.25, 0.3) is 0 Å². The smallest absolute Gasteiger partial charge is 0.351 e. The standard InChI is InChI=1S/C12H9NO7/c1-5-9-6(3-7(11(14)15)12(16)20-9)4-8(13(17)18)10(5)19-2/h3-4H,1-2H3,(H,14,15). The third kappa shape index (κ3) is 1.96. The van der Waals surface area contributed by atoms with E-state index in [-0.39, 0.29) is 28.0 Å². The van der Waals surface area contributed by atoms with E-state index in [4.69, 9.17) is 14.3 Å². The number of nitrogens with zero attached hydrogens (tertiary/aromatic N) is 1. The number of nitro benzene ring substituents is 1. The van der Waals surface area contributed by atoms with Gasteiger partial charge in [0.1, 0.15) is 11.1 Å². The summed E-state index contributed by atoms with van der Waals surface area (Å²) in [6.45, 7) is 1.48. The molecule has 0 fully saturated rings. The molecule has 8 nitrogen and oxygen atoms in total. The number of aryl methyl sites for hydroxylation is 1. The fourth-order valence-electron chi connectivity index (χ4n) is 1.94. The van der Waals surface area contributed by atoms with Crippen molar-refractivity contribution < 1.29 is 24.0 Å². The van der Waals surface area contributed by atoms with Crippen LogP contribution >= 0.6 is 0 Å². The van der Waals surface area contributed by atoms with Crippen molar-refractivity contribution in [3.8, 4) is 5.75 Å². The summed E-state index contributed by atoms with van der Waals surface area (Å²) in [5.74, 6) is -1.49. The fourth-order valence-corrected chi connectivity index (χ4v) is 1.94. The van der Waals surface area contributed by atoms with Crippen LogP contribution in [0, 0.1) is 17.0 Å².